The average molecular weight is 285 g/mol. The normalized spacial score (nSPS) is 10.1. The van der Waals surface area contributed by atoms with E-state index in [1.807, 2.05) is 0 Å². The van der Waals surface area contributed by atoms with Gasteiger partial charge in [-0.05, 0) is 30.7 Å². The number of anilines is 2. The number of hydrogen-bond donors (Lipinski definition) is 2. The summed E-state index contributed by atoms with van der Waals surface area (Å²) in [6, 6.07) is 11.6. The summed E-state index contributed by atoms with van der Waals surface area (Å²) in [5.41, 5.74) is 7.91. The first kappa shape index (κ1) is 14.5. The third-order valence-corrected chi connectivity index (χ3v) is 3.12. The van der Waals surface area contributed by atoms with Crippen molar-refractivity contribution in [2.75, 3.05) is 11.1 Å². The van der Waals surface area contributed by atoms with Gasteiger partial charge in [-0.3, -0.25) is 14.9 Å². The molecule has 0 fully saturated rings. The molecule has 0 heterocycles. The Morgan fingerprint density at radius 1 is 1.24 bits per heavy atom. The second-order valence-corrected chi connectivity index (χ2v) is 4.67. The molecule has 0 aromatic heterocycles. The lowest BCUT2D eigenvalue weighted by molar-refractivity contribution is -0.385. The SMILES string of the molecule is Cc1c(NC(=O)Cc2ccc(N)cc2)cccc1[N+](=O)[O-]. The van der Waals surface area contributed by atoms with Crippen molar-refractivity contribution in [2.45, 2.75) is 13.3 Å². The zero-order valence-corrected chi connectivity index (χ0v) is 11.5. The van der Waals surface area contributed by atoms with Gasteiger partial charge in [0, 0.05) is 11.8 Å². The number of carbonyl (C=O) groups is 1. The topological polar surface area (TPSA) is 98.3 Å². The molecule has 0 bridgehead atoms. The Balaban J connectivity index is 2.11. The smallest absolute Gasteiger partial charge is 0.274 e. The van der Waals surface area contributed by atoms with Crippen LogP contribution in [0.2, 0.25) is 0 Å². The Labute approximate surface area is 121 Å². The highest BCUT2D eigenvalue weighted by Gasteiger charge is 2.14. The van der Waals surface area contributed by atoms with Crippen LogP contribution in [0.1, 0.15) is 11.1 Å². The molecule has 6 heteroatoms. The van der Waals surface area contributed by atoms with Gasteiger partial charge in [0.05, 0.1) is 22.6 Å². The van der Waals surface area contributed by atoms with Gasteiger partial charge in [-0.25, -0.2) is 0 Å². The van der Waals surface area contributed by atoms with Crippen LogP contribution in [-0.4, -0.2) is 10.8 Å². The first-order valence-corrected chi connectivity index (χ1v) is 6.35. The van der Waals surface area contributed by atoms with Gasteiger partial charge in [-0.2, -0.15) is 0 Å². The van der Waals surface area contributed by atoms with Gasteiger partial charge in [-0.1, -0.05) is 18.2 Å². The summed E-state index contributed by atoms with van der Waals surface area (Å²) in [5.74, 6) is -0.233. The minimum atomic E-state index is -0.467. The van der Waals surface area contributed by atoms with Crippen molar-refractivity contribution in [3.63, 3.8) is 0 Å². The third-order valence-electron chi connectivity index (χ3n) is 3.12. The van der Waals surface area contributed by atoms with E-state index in [0.29, 0.717) is 16.9 Å². The summed E-state index contributed by atoms with van der Waals surface area (Å²) in [7, 11) is 0. The van der Waals surface area contributed by atoms with Crippen LogP contribution in [0.15, 0.2) is 42.5 Å². The molecular formula is C15H15N3O3. The number of nitrogens with one attached hydrogen (secondary N) is 1. The lowest BCUT2D eigenvalue weighted by Gasteiger charge is -2.08. The Bertz CT molecular complexity index is 681. The van der Waals surface area contributed by atoms with Crippen molar-refractivity contribution in [1.82, 2.24) is 0 Å². The van der Waals surface area contributed by atoms with Crippen molar-refractivity contribution >= 4 is 23.0 Å². The van der Waals surface area contributed by atoms with E-state index in [1.165, 1.54) is 6.07 Å². The van der Waals surface area contributed by atoms with E-state index < -0.39 is 4.92 Å². The number of nitrogens with two attached hydrogens (primary N) is 1. The van der Waals surface area contributed by atoms with Crippen LogP contribution in [0.5, 0.6) is 0 Å². The van der Waals surface area contributed by atoms with Gasteiger partial charge < -0.3 is 11.1 Å². The molecule has 0 aliphatic carbocycles. The summed E-state index contributed by atoms with van der Waals surface area (Å²) in [4.78, 5) is 22.4. The number of nitrogen functional groups attached to an aromatic ring is 1. The number of hydrogen-bond acceptors (Lipinski definition) is 4. The highest BCUT2D eigenvalue weighted by molar-refractivity contribution is 5.93. The van der Waals surface area contributed by atoms with E-state index in [0.717, 1.165) is 5.56 Å². The van der Waals surface area contributed by atoms with Crippen LogP contribution in [0.25, 0.3) is 0 Å². The second kappa shape index (κ2) is 6.04. The molecule has 0 radical (unpaired) electrons. The second-order valence-electron chi connectivity index (χ2n) is 4.67. The summed E-state index contributed by atoms with van der Waals surface area (Å²) in [6.07, 6.45) is 0.183. The molecule has 0 atom stereocenters. The Hall–Kier alpha value is -2.89. The Morgan fingerprint density at radius 2 is 1.90 bits per heavy atom. The van der Waals surface area contributed by atoms with Gasteiger partial charge in [0.15, 0.2) is 0 Å². The number of rotatable bonds is 4. The fourth-order valence-corrected chi connectivity index (χ4v) is 1.97. The van der Waals surface area contributed by atoms with Crippen LogP contribution in [0.3, 0.4) is 0 Å². The zero-order chi connectivity index (χ0) is 15.4. The molecule has 6 nitrogen and oxygen atoms in total. The Morgan fingerprint density at radius 3 is 2.52 bits per heavy atom. The lowest BCUT2D eigenvalue weighted by atomic mass is 10.1. The number of nitro benzene ring substituents is 1. The molecule has 3 N–H and O–H groups in total. The summed E-state index contributed by atoms with van der Waals surface area (Å²) >= 11 is 0. The number of nitro groups is 1. The van der Waals surface area contributed by atoms with Gasteiger partial charge in [0.25, 0.3) is 5.69 Å². The van der Waals surface area contributed by atoms with Gasteiger partial charge in [0.2, 0.25) is 5.91 Å². The number of amides is 1. The monoisotopic (exact) mass is 285 g/mol. The predicted octanol–water partition coefficient (Wildman–Crippen LogP) is 2.67. The Kier molecular flexibility index (Phi) is 4.18. The molecule has 0 aliphatic heterocycles. The highest BCUT2D eigenvalue weighted by Crippen LogP contribution is 2.25. The minimum Gasteiger partial charge on any atom is -0.399 e. The molecule has 2 aromatic carbocycles. The molecule has 0 saturated carbocycles. The van der Waals surface area contributed by atoms with Crippen LogP contribution < -0.4 is 11.1 Å². The first-order chi connectivity index (χ1) is 9.97. The quantitative estimate of drug-likeness (QED) is 0.512. The molecule has 2 aromatic rings. The molecule has 0 spiro atoms. The zero-order valence-electron chi connectivity index (χ0n) is 11.5. The maximum Gasteiger partial charge on any atom is 0.274 e. The molecule has 21 heavy (non-hydrogen) atoms. The maximum absolute atomic E-state index is 12.0. The van der Waals surface area contributed by atoms with Crippen LogP contribution in [0, 0.1) is 17.0 Å². The van der Waals surface area contributed by atoms with Crippen LogP contribution in [0.4, 0.5) is 17.1 Å². The summed E-state index contributed by atoms with van der Waals surface area (Å²) < 4.78 is 0. The molecule has 0 unspecified atom stereocenters. The average Bonchev–Trinajstić information content (AvgIpc) is 2.43. The van der Waals surface area contributed by atoms with Crippen molar-refractivity contribution in [2.24, 2.45) is 0 Å². The predicted molar refractivity (Wildman–Crippen MR) is 81.0 cm³/mol. The van der Waals surface area contributed by atoms with Crippen molar-refractivity contribution in [3.05, 3.63) is 63.7 Å². The standard InChI is InChI=1S/C15H15N3O3/c1-10-13(3-2-4-14(10)18(20)21)17-15(19)9-11-5-7-12(16)8-6-11/h2-8H,9,16H2,1H3,(H,17,19). The van der Waals surface area contributed by atoms with Gasteiger partial charge >= 0.3 is 0 Å². The summed E-state index contributed by atoms with van der Waals surface area (Å²) in [6.45, 7) is 1.61. The minimum absolute atomic E-state index is 0.0136. The maximum atomic E-state index is 12.0. The highest BCUT2D eigenvalue weighted by atomic mass is 16.6. The van der Waals surface area contributed by atoms with Gasteiger partial charge in [-0.15, -0.1) is 0 Å². The van der Waals surface area contributed by atoms with E-state index in [-0.39, 0.29) is 18.0 Å². The molecule has 2 rings (SSSR count). The number of nitrogens with zero attached hydrogens (tertiary/aromatic N) is 1. The number of carbonyl (C=O) groups excluding carboxylic acids is 1. The van der Waals surface area contributed by atoms with Crippen molar-refractivity contribution in [1.29, 1.82) is 0 Å². The van der Waals surface area contributed by atoms with E-state index in [4.69, 9.17) is 5.73 Å². The largest absolute Gasteiger partial charge is 0.399 e. The third kappa shape index (κ3) is 3.56. The van der Waals surface area contributed by atoms with Gasteiger partial charge in [0.1, 0.15) is 0 Å². The summed E-state index contributed by atoms with van der Waals surface area (Å²) in [5, 5.41) is 13.6. The van der Waals surface area contributed by atoms with Crippen LogP contribution >= 0.6 is 0 Å². The fraction of sp³-hybridized carbons (Fsp3) is 0.133. The van der Waals surface area contributed by atoms with E-state index in [2.05, 4.69) is 5.32 Å². The van der Waals surface area contributed by atoms with E-state index >= 15 is 0 Å². The molecular weight excluding hydrogens is 270 g/mol. The van der Waals surface area contributed by atoms with E-state index in [1.54, 1.807) is 43.3 Å². The van der Waals surface area contributed by atoms with Crippen LogP contribution in [-0.2, 0) is 11.2 Å². The molecule has 1 amide bonds. The van der Waals surface area contributed by atoms with Crippen molar-refractivity contribution < 1.29 is 9.72 Å². The van der Waals surface area contributed by atoms with Crippen molar-refractivity contribution in [3.8, 4) is 0 Å². The lowest BCUT2D eigenvalue weighted by Crippen LogP contribution is -2.15. The molecule has 0 saturated heterocycles. The van der Waals surface area contributed by atoms with E-state index in [9.17, 15) is 14.9 Å². The first-order valence-electron chi connectivity index (χ1n) is 6.35. The fourth-order valence-electron chi connectivity index (χ4n) is 1.97. The number of benzene rings is 2. The molecule has 108 valence electrons. The molecule has 0 aliphatic rings.